The Labute approximate surface area is 172 Å². The first-order chi connectivity index (χ1) is 13.5. The van der Waals surface area contributed by atoms with Crippen molar-refractivity contribution in [3.63, 3.8) is 0 Å². The molecule has 0 aromatic heterocycles. The number of ether oxygens (including phenoxy) is 1. The molecule has 1 fully saturated rings. The van der Waals surface area contributed by atoms with Gasteiger partial charge in [0.1, 0.15) is 11.0 Å². The summed E-state index contributed by atoms with van der Waals surface area (Å²) in [6.07, 6.45) is 0.0513. The maximum absolute atomic E-state index is 12.3. The number of hydrogen-bond donors (Lipinski definition) is 2. The molecule has 0 radical (unpaired) electrons. The molecule has 2 N–H and O–H groups in total. The van der Waals surface area contributed by atoms with Crippen LogP contribution in [0.3, 0.4) is 0 Å². The van der Waals surface area contributed by atoms with Crippen LogP contribution in [-0.2, 0) is 16.1 Å². The second-order valence-electron chi connectivity index (χ2n) is 6.25. The van der Waals surface area contributed by atoms with Gasteiger partial charge in [-0.05, 0) is 30.7 Å². The van der Waals surface area contributed by atoms with E-state index in [-0.39, 0.29) is 18.2 Å². The molecule has 0 bridgehead atoms. The van der Waals surface area contributed by atoms with Crippen molar-refractivity contribution in [2.75, 3.05) is 12.4 Å². The fraction of sp³-hybridized carbons (Fsp3) is 0.250. The van der Waals surface area contributed by atoms with Crippen LogP contribution in [0.1, 0.15) is 17.5 Å². The molecule has 8 heteroatoms. The molecule has 1 heterocycles. The summed E-state index contributed by atoms with van der Waals surface area (Å²) in [5, 5.41) is 6.07. The van der Waals surface area contributed by atoms with Crippen molar-refractivity contribution in [3.05, 3.63) is 58.6 Å². The van der Waals surface area contributed by atoms with E-state index in [1.807, 2.05) is 37.3 Å². The number of thioether (sulfide) groups is 1. The fourth-order valence-electron chi connectivity index (χ4n) is 2.66. The minimum Gasteiger partial charge on any atom is -0.496 e. The van der Waals surface area contributed by atoms with Crippen LogP contribution in [-0.4, -0.2) is 29.3 Å². The normalized spacial score (nSPS) is 17.5. The fourth-order valence-corrected chi connectivity index (χ4v) is 3.81. The first-order valence-electron chi connectivity index (χ1n) is 8.66. The van der Waals surface area contributed by atoms with E-state index in [0.717, 1.165) is 16.9 Å². The lowest BCUT2D eigenvalue weighted by Crippen LogP contribution is -2.28. The second kappa shape index (κ2) is 9.12. The molecule has 6 nitrogen and oxygen atoms in total. The van der Waals surface area contributed by atoms with Crippen LogP contribution in [0, 0.1) is 6.92 Å². The van der Waals surface area contributed by atoms with Crippen LogP contribution in [0.4, 0.5) is 5.69 Å². The van der Waals surface area contributed by atoms with Gasteiger partial charge in [0.05, 0.1) is 13.7 Å². The summed E-state index contributed by atoms with van der Waals surface area (Å²) in [5.74, 6) is 0.272. The van der Waals surface area contributed by atoms with E-state index >= 15 is 0 Å². The van der Waals surface area contributed by atoms with Crippen molar-refractivity contribution >= 4 is 46.0 Å². The molecule has 0 saturated carbocycles. The molecule has 0 aliphatic carbocycles. The number of carbonyl (C=O) groups is 2. The van der Waals surface area contributed by atoms with Crippen molar-refractivity contribution in [1.82, 2.24) is 5.32 Å². The highest BCUT2D eigenvalue weighted by Gasteiger charge is 2.32. The van der Waals surface area contributed by atoms with Gasteiger partial charge in [0.15, 0.2) is 5.17 Å². The smallest absolute Gasteiger partial charge is 0.240 e. The molecule has 1 aliphatic heterocycles. The van der Waals surface area contributed by atoms with Gasteiger partial charge in [-0.3, -0.25) is 14.6 Å². The third-order valence-electron chi connectivity index (χ3n) is 4.19. The molecular formula is C20H20ClN3O3S. The van der Waals surface area contributed by atoms with E-state index in [0.29, 0.717) is 22.4 Å². The number of rotatable bonds is 6. The van der Waals surface area contributed by atoms with Gasteiger partial charge in [-0.1, -0.05) is 47.6 Å². The van der Waals surface area contributed by atoms with E-state index in [9.17, 15) is 9.59 Å². The van der Waals surface area contributed by atoms with E-state index in [1.54, 1.807) is 19.2 Å². The zero-order valence-electron chi connectivity index (χ0n) is 15.5. The van der Waals surface area contributed by atoms with Gasteiger partial charge in [0.2, 0.25) is 11.8 Å². The molecule has 28 heavy (non-hydrogen) atoms. The molecule has 0 unspecified atom stereocenters. The van der Waals surface area contributed by atoms with Crippen LogP contribution >= 0.6 is 23.4 Å². The minimum absolute atomic E-state index is 0.0513. The van der Waals surface area contributed by atoms with Gasteiger partial charge < -0.3 is 15.4 Å². The van der Waals surface area contributed by atoms with E-state index in [1.165, 1.54) is 11.8 Å². The molecule has 2 aromatic rings. The Morgan fingerprint density at radius 2 is 2.11 bits per heavy atom. The first-order valence-corrected chi connectivity index (χ1v) is 9.92. The molecule has 1 saturated heterocycles. The number of anilines is 1. The van der Waals surface area contributed by atoms with Crippen LogP contribution < -0.4 is 15.4 Å². The average Bonchev–Trinajstić information content (AvgIpc) is 3.02. The molecule has 2 amide bonds. The largest absolute Gasteiger partial charge is 0.496 e. The van der Waals surface area contributed by atoms with Gasteiger partial charge >= 0.3 is 0 Å². The lowest BCUT2D eigenvalue weighted by atomic mass is 10.2. The van der Waals surface area contributed by atoms with Crippen molar-refractivity contribution in [3.8, 4) is 5.75 Å². The highest BCUT2D eigenvalue weighted by molar-refractivity contribution is 8.15. The summed E-state index contributed by atoms with van der Waals surface area (Å²) < 4.78 is 5.30. The number of aliphatic imine (C=N–C) groups is 1. The summed E-state index contributed by atoms with van der Waals surface area (Å²) in [6, 6.07) is 12.9. The predicted octanol–water partition coefficient (Wildman–Crippen LogP) is 3.77. The predicted molar refractivity (Wildman–Crippen MR) is 113 cm³/mol. The summed E-state index contributed by atoms with van der Waals surface area (Å²) in [5.41, 5.74) is 2.46. The standard InChI is InChI=1S/C20H20ClN3O3S/c1-12-7-8-14(9-15(12)21)23-18(25)10-17-19(26)24-20(28-17)22-11-13-5-3-4-6-16(13)27-2/h3-9,17H,10-11H2,1-2H3,(H,23,25)(H,22,24,26)/t17-/m0/s1. The van der Waals surface area contributed by atoms with Crippen LogP contribution in [0.2, 0.25) is 5.02 Å². The number of amides is 2. The topological polar surface area (TPSA) is 79.8 Å². The molecule has 2 aromatic carbocycles. The SMILES string of the molecule is COc1ccccc1CN=C1NC(=O)[C@H](CC(=O)Nc2ccc(C)c(Cl)c2)S1. The lowest BCUT2D eigenvalue weighted by molar-refractivity contribution is -0.122. The zero-order chi connectivity index (χ0) is 20.1. The van der Waals surface area contributed by atoms with Crippen molar-refractivity contribution in [2.24, 2.45) is 4.99 Å². The quantitative estimate of drug-likeness (QED) is 0.749. The van der Waals surface area contributed by atoms with E-state index in [2.05, 4.69) is 15.6 Å². The summed E-state index contributed by atoms with van der Waals surface area (Å²) in [6.45, 7) is 2.27. The number of nitrogens with zero attached hydrogens (tertiary/aromatic N) is 1. The number of halogens is 1. The molecule has 0 spiro atoms. The van der Waals surface area contributed by atoms with Gasteiger partial charge in [-0.2, -0.15) is 0 Å². The van der Waals surface area contributed by atoms with Gasteiger partial charge in [-0.15, -0.1) is 0 Å². The molecule has 146 valence electrons. The molecular weight excluding hydrogens is 398 g/mol. The Balaban J connectivity index is 1.58. The number of aryl methyl sites for hydroxylation is 1. The number of methoxy groups -OCH3 is 1. The Hall–Kier alpha value is -2.51. The van der Waals surface area contributed by atoms with E-state index in [4.69, 9.17) is 16.3 Å². The van der Waals surface area contributed by atoms with Gasteiger partial charge in [0.25, 0.3) is 0 Å². The number of benzene rings is 2. The maximum atomic E-state index is 12.3. The molecule has 3 rings (SSSR count). The Kier molecular flexibility index (Phi) is 6.59. The maximum Gasteiger partial charge on any atom is 0.240 e. The number of nitrogens with one attached hydrogen (secondary N) is 2. The van der Waals surface area contributed by atoms with Crippen molar-refractivity contribution in [1.29, 1.82) is 0 Å². The summed E-state index contributed by atoms with van der Waals surface area (Å²) in [4.78, 5) is 28.9. The van der Waals surface area contributed by atoms with Gasteiger partial charge in [0, 0.05) is 22.7 Å². The first kappa shape index (κ1) is 20.2. The Bertz CT molecular complexity index is 933. The third-order valence-corrected chi connectivity index (χ3v) is 5.72. The number of amidine groups is 1. The Morgan fingerprint density at radius 1 is 1.32 bits per heavy atom. The highest BCUT2D eigenvalue weighted by Crippen LogP contribution is 2.25. The Morgan fingerprint density at radius 3 is 2.86 bits per heavy atom. The lowest BCUT2D eigenvalue weighted by Gasteiger charge is -2.08. The van der Waals surface area contributed by atoms with Crippen LogP contribution in [0.15, 0.2) is 47.5 Å². The monoisotopic (exact) mass is 417 g/mol. The number of hydrogen-bond acceptors (Lipinski definition) is 5. The minimum atomic E-state index is -0.516. The third kappa shape index (κ3) is 5.05. The van der Waals surface area contributed by atoms with Gasteiger partial charge in [-0.25, -0.2) is 0 Å². The summed E-state index contributed by atoms with van der Waals surface area (Å²) >= 11 is 7.33. The van der Waals surface area contributed by atoms with Crippen LogP contribution in [0.25, 0.3) is 0 Å². The number of para-hydroxylation sites is 1. The second-order valence-corrected chi connectivity index (χ2v) is 7.84. The van der Waals surface area contributed by atoms with Crippen molar-refractivity contribution in [2.45, 2.75) is 25.1 Å². The average molecular weight is 418 g/mol. The van der Waals surface area contributed by atoms with Crippen molar-refractivity contribution < 1.29 is 14.3 Å². The number of carbonyl (C=O) groups excluding carboxylic acids is 2. The van der Waals surface area contributed by atoms with Crippen LogP contribution in [0.5, 0.6) is 5.75 Å². The zero-order valence-corrected chi connectivity index (χ0v) is 17.1. The highest BCUT2D eigenvalue weighted by atomic mass is 35.5. The molecule has 1 atom stereocenters. The summed E-state index contributed by atoms with van der Waals surface area (Å²) in [7, 11) is 1.61. The molecule has 1 aliphatic rings. The van der Waals surface area contributed by atoms with E-state index < -0.39 is 5.25 Å².